The van der Waals surface area contributed by atoms with E-state index in [0.717, 1.165) is 22.7 Å². The van der Waals surface area contributed by atoms with Gasteiger partial charge in [0.2, 0.25) is 0 Å². The van der Waals surface area contributed by atoms with Gasteiger partial charge in [0.05, 0.1) is 18.3 Å². The highest BCUT2D eigenvalue weighted by Crippen LogP contribution is 2.18. The van der Waals surface area contributed by atoms with Crippen molar-refractivity contribution in [2.24, 2.45) is 0 Å². The highest BCUT2D eigenvalue weighted by atomic mass is 32.1. The average molecular weight is 304 g/mol. The Labute approximate surface area is 129 Å². The molecular weight excluding hydrogens is 284 g/mol. The second-order valence-corrected chi connectivity index (χ2v) is 5.94. The van der Waals surface area contributed by atoms with Crippen molar-refractivity contribution < 1.29 is 9.53 Å². The van der Waals surface area contributed by atoms with E-state index in [-0.39, 0.29) is 11.9 Å². The van der Waals surface area contributed by atoms with Crippen LogP contribution in [0.5, 0.6) is 5.75 Å². The number of hydrogen-bond acceptors (Lipinski definition) is 4. The van der Waals surface area contributed by atoms with Gasteiger partial charge in [0.1, 0.15) is 10.6 Å². The summed E-state index contributed by atoms with van der Waals surface area (Å²) in [6.07, 6.45) is 0.810. The molecular formula is C16H20N2O2S. The topological polar surface area (TPSA) is 42.4 Å². The first kappa shape index (κ1) is 15.5. The third-order valence-electron chi connectivity index (χ3n) is 3.61. The Balaban J connectivity index is 2.03. The first-order valence-corrected chi connectivity index (χ1v) is 7.71. The number of thiazole rings is 1. The van der Waals surface area contributed by atoms with Crippen LogP contribution in [0.25, 0.3) is 0 Å². The van der Waals surface area contributed by atoms with Crippen molar-refractivity contribution >= 4 is 17.2 Å². The summed E-state index contributed by atoms with van der Waals surface area (Å²) in [5, 5.41) is 0. The molecule has 5 heteroatoms. The number of methoxy groups -OCH3 is 1. The second kappa shape index (κ2) is 6.72. The maximum absolute atomic E-state index is 12.4. The normalized spacial score (nSPS) is 12.0. The van der Waals surface area contributed by atoms with Crippen LogP contribution in [0.3, 0.4) is 0 Å². The minimum atomic E-state index is 0.0380. The summed E-state index contributed by atoms with van der Waals surface area (Å²) >= 11 is 1.40. The van der Waals surface area contributed by atoms with Crippen LogP contribution in [0, 0.1) is 6.92 Å². The second-order valence-electron chi connectivity index (χ2n) is 5.08. The third-order valence-corrected chi connectivity index (χ3v) is 4.53. The van der Waals surface area contributed by atoms with Gasteiger partial charge < -0.3 is 9.64 Å². The number of benzene rings is 1. The molecule has 1 amide bonds. The molecule has 1 atom stereocenters. The lowest BCUT2D eigenvalue weighted by Crippen LogP contribution is -2.36. The SMILES string of the molecule is COc1ccc(CC(C)N(C)C(=O)c2scnc2C)cc1. The lowest BCUT2D eigenvalue weighted by molar-refractivity contribution is 0.0747. The molecule has 1 aromatic heterocycles. The lowest BCUT2D eigenvalue weighted by atomic mass is 10.1. The van der Waals surface area contributed by atoms with Crippen molar-refractivity contribution in [2.75, 3.05) is 14.2 Å². The third kappa shape index (κ3) is 3.61. The summed E-state index contributed by atoms with van der Waals surface area (Å²) in [4.78, 5) is 19.1. The zero-order valence-electron chi connectivity index (χ0n) is 12.8. The van der Waals surface area contributed by atoms with Crippen LogP contribution in [0.4, 0.5) is 0 Å². The van der Waals surface area contributed by atoms with E-state index in [1.807, 2.05) is 38.2 Å². The summed E-state index contributed by atoms with van der Waals surface area (Å²) in [5.74, 6) is 0.882. The van der Waals surface area contributed by atoms with Crippen LogP contribution in [0.15, 0.2) is 29.8 Å². The van der Waals surface area contributed by atoms with Gasteiger partial charge >= 0.3 is 0 Å². The van der Waals surface area contributed by atoms with Crippen LogP contribution >= 0.6 is 11.3 Å². The molecule has 0 saturated heterocycles. The first-order chi connectivity index (χ1) is 10.0. The predicted octanol–water partition coefficient (Wildman–Crippen LogP) is 3.16. The Hall–Kier alpha value is -1.88. The largest absolute Gasteiger partial charge is 0.497 e. The first-order valence-electron chi connectivity index (χ1n) is 6.83. The zero-order chi connectivity index (χ0) is 15.4. The smallest absolute Gasteiger partial charge is 0.265 e. The quantitative estimate of drug-likeness (QED) is 0.852. The summed E-state index contributed by atoms with van der Waals surface area (Å²) in [7, 11) is 3.50. The van der Waals surface area contributed by atoms with Gasteiger partial charge in [-0.3, -0.25) is 4.79 Å². The molecule has 0 N–H and O–H groups in total. The van der Waals surface area contributed by atoms with E-state index in [9.17, 15) is 4.79 Å². The molecule has 0 fully saturated rings. The number of amides is 1. The van der Waals surface area contributed by atoms with Crippen molar-refractivity contribution in [3.05, 3.63) is 45.9 Å². The van der Waals surface area contributed by atoms with Crippen molar-refractivity contribution in [1.82, 2.24) is 9.88 Å². The Bertz CT molecular complexity index is 607. The lowest BCUT2D eigenvalue weighted by Gasteiger charge is -2.24. The van der Waals surface area contributed by atoms with E-state index in [2.05, 4.69) is 11.9 Å². The van der Waals surface area contributed by atoms with Crippen LogP contribution in [0.1, 0.15) is 27.9 Å². The summed E-state index contributed by atoms with van der Waals surface area (Å²) < 4.78 is 5.15. The Morgan fingerprint density at radius 3 is 2.57 bits per heavy atom. The highest BCUT2D eigenvalue weighted by Gasteiger charge is 2.20. The summed E-state index contributed by atoms with van der Waals surface area (Å²) in [5.41, 5.74) is 3.70. The van der Waals surface area contributed by atoms with Crippen molar-refractivity contribution in [3.8, 4) is 5.75 Å². The molecule has 1 unspecified atom stereocenters. The molecule has 0 radical (unpaired) electrons. The number of hydrogen-bond donors (Lipinski definition) is 0. The molecule has 0 aliphatic heterocycles. The molecule has 0 bridgehead atoms. The van der Waals surface area contributed by atoms with E-state index in [4.69, 9.17) is 4.74 Å². The highest BCUT2D eigenvalue weighted by molar-refractivity contribution is 7.11. The van der Waals surface area contributed by atoms with Crippen molar-refractivity contribution in [2.45, 2.75) is 26.3 Å². The van der Waals surface area contributed by atoms with Gasteiger partial charge in [-0.05, 0) is 38.0 Å². The van der Waals surface area contributed by atoms with E-state index >= 15 is 0 Å². The van der Waals surface area contributed by atoms with Crippen LogP contribution in [0.2, 0.25) is 0 Å². The molecule has 112 valence electrons. The summed E-state index contributed by atoms with van der Waals surface area (Å²) in [6, 6.07) is 8.07. The molecule has 0 saturated carbocycles. The van der Waals surface area contributed by atoms with Gasteiger partial charge in [-0.25, -0.2) is 4.98 Å². The Morgan fingerprint density at radius 1 is 1.38 bits per heavy atom. The number of carbonyl (C=O) groups excluding carboxylic acids is 1. The van der Waals surface area contributed by atoms with Crippen LogP contribution in [-0.2, 0) is 6.42 Å². The van der Waals surface area contributed by atoms with E-state index in [1.54, 1.807) is 17.5 Å². The minimum absolute atomic E-state index is 0.0380. The molecule has 21 heavy (non-hydrogen) atoms. The van der Waals surface area contributed by atoms with Gasteiger partial charge in [0.15, 0.2) is 0 Å². The number of likely N-dealkylation sites (N-methyl/N-ethyl adjacent to an activating group) is 1. The Kier molecular flexibility index (Phi) is 4.96. The number of aryl methyl sites for hydroxylation is 1. The molecule has 0 spiro atoms. The molecule has 1 aromatic carbocycles. The van der Waals surface area contributed by atoms with E-state index < -0.39 is 0 Å². The fraction of sp³-hybridized carbons (Fsp3) is 0.375. The predicted molar refractivity (Wildman–Crippen MR) is 85.1 cm³/mol. The van der Waals surface area contributed by atoms with Gasteiger partial charge in [0, 0.05) is 13.1 Å². The van der Waals surface area contributed by atoms with E-state index in [0.29, 0.717) is 0 Å². The fourth-order valence-electron chi connectivity index (χ4n) is 2.11. The molecule has 0 aliphatic carbocycles. The Morgan fingerprint density at radius 2 is 2.05 bits per heavy atom. The zero-order valence-corrected chi connectivity index (χ0v) is 13.6. The van der Waals surface area contributed by atoms with Crippen LogP contribution < -0.4 is 4.74 Å². The molecule has 1 heterocycles. The van der Waals surface area contributed by atoms with Crippen molar-refractivity contribution in [3.63, 3.8) is 0 Å². The number of rotatable bonds is 5. The van der Waals surface area contributed by atoms with Crippen molar-refractivity contribution in [1.29, 1.82) is 0 Å². The standard InChI is InChI=1S/C16H20N2O2S/c1-11(9-13-5-7-14(20-4)8-6-13)18(3)16(19)15-12(2)17-10-21-15/h5-8,10-11H,9H2,1-4H3. The molecule has 0 aliphatic rings. The van der Waals surface area contributed by atoms with Gasteiger partial charge in [-0.15, -0.1) is 11.3 Å². The molecule has 2 aromatic rings. The summed E-state index contributed by atoms with van der Waals surface area (Å²) in [6.45, 7) is 3.92. The van der Waals surface area contributed by atoms with E-state index in [1.165, 1.54) is 16.9 Å². The number of carbonyl (C=O) groups is 1. The minimum Gasteiger partial charge on any atom is -0.497 e. The average Bonchev–Trinajstić information content (AvgIpc) is 2.92. The number of aromatic nitrogens is 1. The van der Waals surface area contributed by atoms with Crippen LogP contribution in [-0.4, -0.2) is 36.0 Å². The maximum Gasteiger partial charge on any atom is 0.265 e. The van der Waals surface area contributed by atoms with Gasteiger partial charge in [0.25, 0.3) is 5.91 Å². The number of nitrogens with zero attached hydrogens (tertiary/aromatic N) is 2. The van der Waals surface area contributed by atoms with Gasteiger partial charge in [-0.1, -0.05) is 12.1 Å². The fourth-order valence-corrected chi connectivity index (χ4v) is 2.89. The molecule has 2 rings (SSSR count). The van der Waals surface area contributed by atoms with Gasteiger partial charge in [-0.2, -0.15) is 0 Å². The number of ether oxygens (including phenoxy) is 1. The monoisotopic (exact) mass is 304 g/mol. The maximum atomic E-state index is 12.4. The molecule has 4 nitrogen and oxygen atoms in total.